The van der Waals surface area contributed by atoms with Crippen molar-refractivity contribution in [3.8, 4) is 0 Å². The number of aryl methyl sites for hydroxylation is 1. The van der Waals surface area contributed by atoms with Gasteiger partial charge in [0.1, 0.15) is 11.4 Å². The number of carbonyl (C=O) groups excluding carboxylic acids is 1. The van der Waals surface area contributed by atoms with Crippen molar-refractivity contribution < 1.29 is 4.79 Å². The Labute approximate surface area is 193 Å². The second-order valence-electron chi connectivity index (χ2n) is 8.76. The quantitative estimate of drug-likeness (QED) is 0.261. The number of hydrogen-bond acceptors (Lipinski definition) is 5. The van der Waals surface area contributed by atoms with Gasteiger partial charge in [-0.05, 0) is 42.2 Å². The molecule has 0 bridgehead atoms. The van der Waals surface area contributed by atoms with Crippen molar-refractivity contribution in [3.05, 3.63) is 35.3 Å². The smallest absolute Gasteiger partial charge is 0.254 e. The molecule has 2 aromatic heterocycles. The SMILES string of the molecule is CC/C(=N\c1c(C(N)=O)cnn1C)N1CCC[C@@H]1c1cc(P)cnc1CCNCC(C)C. The van der Waals surface area contributed by atoms with Gasteiger partial charge in [-0.3, -0.25) is 14.5 Å². The number of carbonyl (C=O) groups is 1. The van der Waals surface area contributed by atoms with Gasteiger partial charge in [-0.25, -0.2) is 4.99 Å². The predicted molar refractivity (Wildman–Crippen MR) is 133 cm³/mol. The van der Waals surface area contributed by atoms with Crippen molar-refractivity contribution in [1.29, 1.82) is 0 Å². The minimum Gasteiger partial charge on any atom is -0.365 e. The number of rotatable bonds is 9. The monoisotopic (exact) mass is 457 g/mol. The third-order valence-corrected chi connectivity index (χ3v) is 6.10. The van der Waals surface area contributed by atoms with E-state index >= 15 is 0 Å². The summed E-state index contributed by atoms with van der Waals surface area (Å²) in [6.45, 7) is 9.36. The molecule has 1 amide bonds. The van der Waals surface area contributed by atoms with Crippen molar-refractivity contribution in [3.63, 3.8) is 0 Å². The predicted octanol–water partition coefficient (Wildman–Crippen LogP) is 2.48. The van der Waals surface area contributed by atoms with Gasteiger partial charge in [0.05, 0.1) is 12.2 Å². The normalized spacial score (nSPS) is 16.9. The van der Waals surface area contributed by atoms with Crippen LogP contribution >= 0.6 is 9.24 Å². The lowest BCUT2D eigenvalue weighted by molar-refractivity contribution is 0.100. The molecule has 2 aromatic rings. The molecule has 1 aliphatic rings. The number of primary amides is 1. The maximum atomic E-state index is 11.8. The zero-order valence-corrected chi connectivity index (χ0v) is 20.8. The number of pyridine rings is 1. The van der Waals surface area contributed by atoms with E-state index in [1.165, 1.54) is 11.8 Å². The van der Waals surface area contributed by atoms with Crippen LogP contribution in [0.1, 0.15) is 67.7 Å². The molecule has 2 atom stereocenters. The number of likely N-dealkylation sites (tertiary alicyclic amines) is 1. The zero-order chi connectivity index (χ0) is 23.3. The van der Waals surface area contributed by atoms with Crippen molar-refractivity contribution >= 4 is 32.1 Å². The number of amides is 1. The Bertz CT molecular complexity index is 969. The summed E-state index contributed by atoms with van der Waals surface area (Å²) in [6, 6.07) is 2.46. The van der Waals surface area contributed by atoms with E-state index in [9.17, 15) is 4.79 Å². The molecule has 0 aromatic carbocycles. The zero-order valence-electron chi connectivity index (χ0n) is 19.6. The average Bonchev–Trinajstić information content (AvgIpc) is 3.37. The van der Waals surface area contributed by atoms with Crippen molar-refractivity contribution in [2.45, 2.75) is 52.5 Å². The Morgan fingerprint density at radius 1 is 1.41 bits per heavy atom. The summed E-state index contributed by atoms with van der Waals surface area (Å²) < 4.78 is 1.61. The van der Waals surface area contributed by atoms with Gasteiger partial charge < -0.3 is 16.0 Å². The number of nitrogens with zero attached hydrogens (tertiary/aromatic N) is 5. The highest BCUT2D eigenvalue weighted by Crippen LogP contribution is 2.35. The van der Waals surface area contributed by atoms with Gasteiger partial charge in [-0.1, -0.05) is 20.8 Å². The van der Waals surface area contributed by atoms with Gasteiger partial charge in [0.15, 0.2) is 5.82 Å². The molecule has 3 rings (SSSR count). The molecule has 1 fully saturated rings. The Morgan fingerprint density at radius 2 is 2.19 bits per heavy atom. The van der Waals surface area contributed by atoms with E-state index in [0.717, 1.165) is 62.2 Å². The van der Waals surface area contributed by atoms with Crippen LogP contribution in [0.2, 0.25) is 0 Å². The summed E-state index contributed by atoms with van der Waals surface area (Å²) in [5.74, 6) is 1.57. The lowest BCUT2D eigenvalue weighted by atomic mass is 10.0. The topological polar surface area (TPSA) is 101 Å². The standard InChI is InChI=1S/C23H36N7OP/c1-5-21(28-23-18(22(24)31)14-27-29(23)4)30-10-6-7-20(30)17-11-16(32)13-26-19(17)8-9-25-12-15(2)3/h11,13-15,20,25H,5-10,12,32H2,1-4H3,(H2,24,31)/b28-21+/t20-/m1/s1. The van der Waals surface area contributed by atoms with Crippen molar-refractivity contribution in [1.82, 2.24) is 25.0 Å². The summed E-state index contributed by atoms with van der Waals surface area (Å²) in [5.41, 5.74) is 8.29. The third-order valence-electron chi connectivity index (χ3n) is 5.78. The fraction of sp³-hybridized carbons (Fsp3) is 0.565. The van der Waals surface area contributed by atoms with Crippen LogP contribution < -0.4 is 16.4 Å². The molecule has 1 saturated heterocycles. The molecule has 32 heavy (non-hydrogen) atoms. The first-order valence-electron chi connectivity index (χ1n) is 11.4. The molecular formula is C23H36N7OP. The lowest BCUT2D eigenvalue weighted by Crippen LogP contribution is -2.31. The Morgan fingerprint density at radius 3 is 2.88 bits per heavy atom. The minimum absolute atomic E-state index is 0.215. The van der Waals surface area contributed by atoms with E-state index < -0.39 is 5.91 Å². The maximum Gasteiger partial charge on any atom is 0.254 e. The second-order valence-corrected chi connectivity index (χ2v) is 9.42. The van der Waals surface area contributed by atoms with Gasteiger partial charge in [-0.2, -0.15) is 5.10 Å². The molecule has 1 unspecified atom stereocenters. The van der Waals surface area contributed by atoms with E-state index in [2.05, 4.69) is 51.4 Å². The van der Waals surface area contributed by atoms with Crippen LogP contribution in [0.5, 0.6) is 0 Å². The van der Waals surface area contributed by atoms with Gasteiger partial charge in [0.2, 0.25) is 0 Å². The summed E-state index contributed by atoms with van der Waals surface area (Å²) in [4.78, 5) is 23.8. The fourth-order valence-corrected chi connectivity index (χ4v) is 4.48. The first-order chi connectivity index (χ1) is 15.3. The summed E-state index contributed by atoms with van der Waals surface area (Å²) in [6.07, 6.45) is 7.19. The Balaban J connectivity index is 1.90. The Hall–Kier alpha value is -2.31. The lowest BCUT2D eigenvalue weighted by Gasteiger charge is -2.29. The highest BCUT2D eigenvalue weighted by Gasteiger charge is 2.30. The molecule has 8 nitrogen and oxygen atoms in total. The van der Waals surface area contributed by atoms with Crippen LogP contribution in [0.15, 0.2) is 23.5 Å². The van der Waals surface area contributed by atoms with E-state index in [1.807, 2.05) is 6.20 Å². The van der Waals surface area contributed by atoms with Crippen molar-refractivity contribution in [2.24, 2.45) is 23.7 Å². The van der Waals surface area contributed by atoms with E-state index in [4.69, 9.17) is 15.7 Å². The largest absolute Gasteiger partial charge is 0.365 e. The third kappa shape index (κ3) is 5.73. The van der Waals surface area contributed by atoms with Gasteiger partial charge in [-0.15, -0.1) is 9.24 Å². The molecule has 0 spiro atoms. The molecule has 1 aliphatic heterocycles. The number of aromatic nitrogens is 3. The first-order valence-corrected chi connectivity index (χ1v) is 12.0. The molecular weight excluding hydrogens is 421 g/mol. The number of amidine groups is 1. The van der Waals surface area contributed by atoms with Gasteiger partial charge in [0.25, 0.3) is 5.91 Å². The first kappa shape index (κ1) is 24.3. The Kier molecular flexibility index (Phi) is 8.38. The highest BCUT2D eigenvalue weighted by molar-refractivity contribution is 7.27. The summed E-state index contributed by atoms with van der Waals surface area (Å²) in [5, 5.41) is 8.79. The molecule has 3 heterocycles. The summed E-state index contributed by atoms with van der Waals surface area (Å²) >= 11 is 0. The molecule has 174 valence electrons. The fourth-order valence-electron chi connectivity index (χ4n) is 4.23. The average molecular weight is 458 g/mol. The molecule has 0 saturated carbocycles. The maximum absolute atomic E-state index is 11.8. The molecule has 3 N–H and O–H groups in total. The number of nitrogens with one attached hydrogen (secondary N) is 1. The minimum atomic E-state index is -0.513. The van der Waals surface area contributed by atoms with Crippen LogP contribution in [0, 0.1) is 5.92 Å². The van der Waals surface area contributed by atoms with Crippen LogP contribution in [-0.2, 0) is 13.5 Å². The van der Waals surface area contributed by atoms with E-state index in [0.29, 0.717) is 17.3 Å². The van der Waals surface area contributed by atoms with Gasteiger partial charge >= 0.3 is 0 Å². The molecule has 0 aliphatic carbocycles. The second kappa shape index (κ2) is 11.0. The van der Waals surface area contributed by atoms with E-state index in [1.54, 1.807) is 11.7 Å². The van der Waals surface area contributed by atoms with Crippen LogP contribution in [0.25, 0.3) is 0 Å². The molecule has 0 radical (unpaired) electrons. The number of nitrogens with two attached hydrogens (primary N) is 1. The summed E-state index contributed by atoms with van der Waals surface area (Å²) in [7, 11) is 4.55. The number of hydrogen-bond donors (Lipinski definition) is 2. The van der Waals surface area contributed by atoms with Crippen LogP contribution in [0.4, 0.5) is 5.82 Å². The van der Waals surface area contributed by atoms with Crippen molar-refractivity contribution in [2.75, 3.05) is 19.6 Å². The highest BCUT2D eigenvalue weighted by atomic mass is 31.0. The van der Waals surface area contributed by atoms with Crippen LogP contribution in [0.3, 0.4) is 0 Å². The molecule has 9 heteroatoms. The van der Waals surface area contributed by atoms with Gasteiger partial charge in [0, 0.05) is 44.9 Å². The van der Waals surface area contributed by atoms with Crippen LogP contribution in [-0.4, -0.2) is 51.0 Å². The van der Waals surface area contributed by atoms with E-state index in [-0.39, 0.29) is 6.04 Å². The number of aliphatic imine (C=N–C) groups is 1.